The highest BCUT2D eigenvalue weighted by Gasteiger charge is 2.29. The number of carbonyl (C=O) groups excluding carboxylic acids is 3. The number of nitrogens with one attached hydrogen (secondary N) is 1. The van der Waals surface area contributed by atoms with Gasteiger partial charge in [-0.3, -0.25) is 19.8 Å². The van der Waals surface area contributed by atoms with Crippen LogP contribution in [0.25, 0.3) is 0 Å². The van der Waals surface area contributed by atoms with Crippen LogP contribution >= 0.6 is 0 Å². The third kappa shape index (κ3) is 6.15. The van der Waals surface area contributed by atoms with Gasteiger partial charge in [-0.15, -0.1) is 0 Å². The first-order valence-corrected chi connectivity index (χ1v) is 12.7. The zero-order valence-electron chi connectivity index (χ0n) is 21.7. The molecule has 0 saturated carbocycles. The van der Waals surface area contributed by atoms with Gasteiger partial charge in [0, 0.05) is 52.2 Å². The van der Waals surface area contributed by atoms with Crippen molar-refractivity contribution < 1.29 is 23.9 Å². The molecular formula is C27H32N6O5. The summed E-state index contributed by atoms with van der Waals surface area (Å²) in [5.74, 6) is 0.568. The second-order valence-corrected chi connectivity index (χ2v) is 9.51. The van der Waals surface area contributed by atoms with Crippen LogP contribution in [0.15, 0.2) is 18.3 Å². The van der Waals surface area contributed by atoms with Gasteiger partial charge in [-0.05, 0) is 55.4 Å². The number of pyridine rings is 2. The Morgan fingerprint density at radius 3 is 2.92 bits per heavy atom. The number of hydrogen-bond donors (Lipinski definition) is 1. The van der Waals surface area contributed by atoms with Gasteiger partial charge in [-0.25, -0.2) is 14.8 Å². The van der Waals surface area contributed by atoms with E-state index in [0.717, 1.165) is 24.0 Å². The number of rotatable bonds is 9. The van der Waals surface area contributed by atoms with Gasteiger partial charge >= 0.3 is 6.03 Å². The molecule has 1 fully saturated rings. The maximum absolute atomic E-state index is 13.3. The molecule has 11 heteroatoms. The van der Waals surface area contributed by atoms with Crippen LogP contribution in [0, 0.1) is 17.2 Å². The quantitative estimate of drug-likeness (QED) is 0.394. The summed E-state index contributed by atoms with van der Waals surface area (Å²) in [6.45, 7) is 2.23. The normalized spacial score (nSPS) is 16.4. The molecule has 0 bridgehead atoms. The van der Waals surface area contributed by atoms with E-state index in [2.05, 4.69) is 21.4 Å². The van der Waals surface area contributed by atoms with Crippen LogP contribution in [0.2, 0.25) is 0 Å². The Morgan fingerprint density at radius 1 is 1.37 bits per heavy atom. The fourth-order valence-corrected chi connectivity index (χ4v) is 4.82. The van der Waals surface area contributed by atoms with Crippen LogP contribution in [-0.2, 0) is 33.7 Å². The molecule has 4 rings (SSSR count). The summed E-state index contributed by atoms with van der Waals surface area (Å²) in [4.78, 5) is 49.8. The molecule has 4 heterocycles. The lowest BCUT2D eigenvalue weighted by Crippen LogP contribution is -2.40. The van der Waals surface area contributed by atoms with Crippen molar-refractivity contribution >= 4 is 29.9 Å². The number of aryl methyl sites for hydroxylation is 2. The molecule has 0 aliphatic carbocycles. The van der Waals surface area contributed by atoms with Gasteiger partial charge in [0.05, 0.1) is 18.1 Å². The van der Waals surface area contributed by atoms with E-state index in [1.54, 1.807) is 25.1 Å². The number of methoxy groups -OCH3 is 1. The van der Waals surface area contributed by atoms with Crippen molar-refractivity contribution in [2.75, 3.05) is 50.7 Å². The smallest absolute Gasteiger partial charge is 0.328 e. The van der Waals surface area contributed by atoms with Crippen molar-refractivity contribution in [3.05, 3.63) is 46.3 Å². The van der Waals surface area contributed by atoms with E-state index in [-0.39, 0.29) is 24.1 Å². The Balaban J connectivity index is 1.51. The lowest BCUT2D eigenvalue weighted by molar-refractivity contribution is -0.134. The lowest BCUT2D eigenvalue weighted by atomic mass is 10.0. The van der Waals surface area contributed by atoms with Crippen LogP contribution in [0.3, 0.4) is 0 Å². The van der Waals surface area contributed by atoms with Crippen molar-refractivity contribution in [2.24, 2.45) is 5.92 Å². The Labute approximate surface area is 221 Å². The zero-order chi connectivity index (χ0) is 27.1. The van der Waals surface area contributed by atoms with Gasteiger partial charge in [-0.1, -0.05) is 0 Å². The molecule has 1 atom stereocenters. The van der Waals surface area contributed by atoms with E-state index in [0.29, 0.717) is 74.7 Å². The minimum Gasteiger partial charge on any atom is -0.385 e. The number of nitrogens with zero attached hydrogens (tertiary/aromatic N) is 5. The topological polar surface area (TPSA) is 138 Å². The van der Waals surface area contributed by atoms with Gasteiger partial charge in [0.25, 0.3) is 0 Å². The summed E-state index contributed by atoms with van der Waals surface area (Å²) in [5.41, 5.74) is 2.91. The monoisotopic (exact) mass is 520 g/mol. The molecule has 0 unspecified atom stereocenters. The van der Waals surface area contributed by atoms with Gasteiger partial charge in [0.2, 0.25) is 5.91 Å². The van der Waals surface area contributed by atoms with E-state index < -0.39 is 6.03 Å². The van der Waals surface area contributed by atoms with Crippen LogP contribution < -0.4 is 10.2 Å². The fraction of sp³-hybridized carbons (Fsp3) is 0.481. The summed E-state index contributed by atoms with van der Waals surface area (Å²) in [6, 6.07) is 5.28. The predicted molar refractivity (Wildman–Crippen MR) is 139 cm³/mol. The van der Waals surface area contributed by atoms with Crippen LogP contribution in [0.4, 0.5) is 16.4 Å². The first-order chi connectivity index (χ1) is 18.4. The van der Waals surface area contributed by atoms with E-state index >= 15 is 0 Å². The van der Waals surface area contributed by atoms with E-state index in [4.69, 9.17) is 9.47 Å². The minimum atomic E-state index is -0.420. The third-order valence-corrected chi connectivity index (χ3v) is 6.83. The first-order valence-electron chi connectivity index (χ1n) is 12.7. The van der Waals surface area contributed by atoms with Crippen molar-refractivity contribution in [2.45, 2.75) is 38.6 Å². The standard InChI is InChI=1S/C27H32N6O5/c1-32(26(35)20-7-10-38-17-20)15-21-11-19-5-3-8-33(25(19)30-23(21)16-34)27(36)31-24-12-18(6-4-9-37-2)22(13-28)14-29-24/h11-12,14,16,20H,3-10,15,17H2,1-2H3,(H,29,31,36)/t20-/m0/s1. The minimum absolute atomic E-state index is 0.0189. The Morgan fingerprint density at radius 2 is 2.21 bits per heavy atom. The Hall–Kier alpha value is -3.88. The molecule has 0 spiro atoms. The third-order valence-electron chi connectivity index (χ3n) is 6.83. The van der Waals surface area contributed by atoms with Crippen LogP contribution in [-0.4, -0.2) is 73.6 Å². The zero-order valence-corrected chi connectivity index (χ0v) is 21.7. The number of urea groups is 1. The second-order valence-electron chi connectivity index (χ2n) is 9.51. The van der Waals surface area contributed by atoms with Crippen LogP contribution in [0.1, 0.15) is 52.0 Å². The van der Waals surface area contributed by atoms with E-state index in [9.17, 15) is 19.6 Å². The van der Waals surface area contributed by atoms with E-state index in [1.807, 2.05) is 6.07 Å². The summed E-state index contributed by atoms with van der Waals surface area (Å²) in [5, 5.41) is 12.2. The number of aldehydes is 1. The number of nitriles is 1. The van der Waals surface area contributed by atoms with Crippen molar-refractivity contribution in [1.82, 2.24) is 14.9 Å². The molecule has 200 valence electrons. The molecule has 0 aromatic carbocycles. The lowest BCUT2D eigenvalue weighted by Gasteiger charge is -2.29. The Kier molecular flexibility index (Phi) is 8.99. The maximum Gasteiger partial charge on any atom is 0.328 e. The second kappa shape index (κ2) is 12.6. The van der Waals surface area contributed by atoms with Gasteiger partial charge in [-0.2, -0.15) is 5.26 Å². The predicted octanol–water partition coefficient (Wildman–Crippen LogP) is 2.72. The van der Waals surface area contributed by atoms with Gasteiger partial charge in [0.1, 0.15) is 23.4 Å². The maximum atomic E-state index is 13.3. The average molecular weight is 521 g/mol. The highest BCUT2D eigenvalue weighted by atomic mass is 16.5. The summed E-state index contributed by atoms with van der Waals surface area (Å²) in [7, 11) is 3.33. The average Bonchev–Trinajstić information content (AvgIpc) is 3.47. The molecule has 2 aliphatic rings. The largest absolute Gasteiger partial charge is 0.385 e. The molecule has 0 radical (unpaired) electrons. The molecule has 38 heavy (non-hydrogen) atoms. The SMILES string of the molecule is COCCCc1cc(NC(=O)N2CCCc3cc(CN(C)C(=O)[C@H]4CCOC4)c(C=O)nc32)ncc1C#N. The van der Waals surface area contributed by atoms with Gasteiger partial charge in [0.15, 0.2) is 6.29 Å². The van der Waals surface area contributed by atoms with E-state index in [1.165, 1.54) is 11.1 Å². The summed E-state index contributed by atoms with van der Waals surface area (Å²) in [6.07, 6.45) is 5.58. The van der Waals surface area contributed by atoms with Crippen molar-refractivity contribution in [3.8, 4) is 6.07 Å². The summed E-state index contributed by atoms with van der Waals surface area (Å²) < 4.78 is 10.4. The molecule has 1 N–H and O–H groups in total. The first kappa shape index (κ1) is 27.2. The van der Waals surface area contributed by atoms with Crippen LogP contribution in [0.5, 0.6) is 0 Å². The number of fused-ring (bicyclic) bond motifs is 1. The van der Waals surface area contributed by atoms with Gasteiger partial charge < -0.3 is 14.4 Å². The van der Waals surface area contributed by atoms with Crippen molar-refractivity contribution in [1.29, 1.82) is 5.26 Å². The number of amides is 3. The highest BCUT2D eigenvalue weighted by molar-refractivity contribution is 6.01. The molecule has 2 aliphatic heterocycles. The summed E-state index contributed by atoms with van der Waals surface area (Å²) >= 11 is 0. The fourth-order valence-electron chi connectivity index (χ4n) is 4.82. The molecule has 3 amide bonds. The molecule has 11 nitrogen and oxygen atoms in total. The molecule has 1 saturated heterocycles. The number of hydrogen-bond acceptors (Lipinski definition) is 8. The number of ether oxygens (including phenoxy) is 2. The Bertz CT molecular complexity index is 1240. The molecule has 2 aromatic rings. The molecule has 2 aromatic heterocycles. The number of anilines is 2. The molecular weight excluding hydrogens is 488 g/mol. The van der Waals surface area contributed by atoms with Crippen molar-refractivity contribution in [3.63, 3.8) is 0 Å². The number of carbonyl (C=O) groups is 3. The highest BCUT2D eigenvalue weighted by Crippen LogP contribution is 2.29. The number of aromatic nitrogens is 2.